The fourth-order valence-electron chi connectivity index (χ4n) is 1.45. The first-order valence-electron chi connectivity index (χ1n) is 4.77. The van der Waals surface area contributed by atoms with Gasteiger partial charge < -0.3 is 13.5 Å². The van der Waals surface area contributed by atoms with Crippen molar-refractivity contribution in [3.05, 3.63) is 24.2 Å². The molecule has 6 heteroatoms. The number of rotatable bonds is 6. The van der Waals surface area contributed by atoms with Crippen LogP contribution in [0.15, 0.2) is 22.8 Å². The summed E-state index contributed by atoms with van der Waals surface area (Å²) >= 11 is 0. The minimum atomic E-state index is -3.35. The molecule has 0 unspecified atom stereocenters. The molecule has 0 aliphatic carbocycles. The molecule has 5 nitrogen and oxygen atoms in total. The van der Waals surface area contributed by atoms with Gasteiger partial charge in [0.2, 0.25) is 0 Å². The second-order valence-corrected chi connectivity index (χ2v) is 5.78. The van der Waals surface area contributed by atoms with Crippen molar-refractivity contribution >= 4 is 13.4 Å². The van der Waals surface area contributed by atoms with Crippen LogP contribution in [0.3, 0.4) is 0 Å². The molecular weight excluding hydrogens is 231 g/mol. The van der Waals surface area contributed by atoms with Gasteiger partial charge >= 0.3 is 7.60 Å². The lowest BCUT2D eigenvalue weighted by Crippen LogP contribution is -2.07. The normalized spacial score (nSPS) is 13.7. The highest BCUT2D eigenvalue weighted by Gasteiger charge is 2.38. The summed E-state index contributed by atoms with van der Waals surface area (Å²) in [6.07, 6.45) is 1.52. The highest BCUT2D eigenvalue weighted by atomic mass is 31.2. The van der Waals surface area contributed by atoms with Gasteiger partial charge in [-0.05, 0) is 19.1 Å². The second kappa shape index (κ2) is 5.43. The molecule has 0 aliphatic rings. The molecule has 1 aromatic rings. The third kappa shape index (κ3) is 2.82. The predicted octanol–water partition coefficient (Wildman–Crippen LogP) is 2.79. The molecule has 1 atom stereocenters. The molecule has 0 saturated heterocycles. The Bertz CT molecular complexity index is 376. The summed E-state index contributed by atoms with van der Waals surface area (Å²) in [6.45, 7) is 1.42. The van der Waals surface area contributed by atoms with Gasteiger partial charge in [-0.1, -0.05) is 0 Å². The summed E-state index contributed by atoms with van der Waals surface area (Å²) in [4.78, 5) is 11.2. The first-order chi connectivity index (χ1) is 7.53. The van der Waals surface area contributed by atoms with Crippen LogP contribution in [-0.2, 0) is 18.4 Å². The number of furan rings is 1. The van der Waals surface area contributed by atoms with Gasteiger partial charge in [0.25, 0.3) is 0 Å². The Kier molecular flexibility index (Phi) is 4.47. The molecule has 0 N–H and O–H groups in total. The molecule has 1 heterocycles. The van der Waals surface area contributed by atoms with Gasteiger partial charge in [-0.25, -0.2) is 0 Å². The van der Waals surface area contributed by atoms with E-state index in [0.29, 0.717) is 5.76 Å². The Balaban J connectivity index is 3.05. The molecule has 0 aromatic carbocycles. The molecule has 0 radical (unpaired) electrons. The fourth-order valence-corrected chi connectivity index (χ4v) is 3.05. The van der Waals surface area contributed by atoms with E-state index in [2.05, 4.69) is 0 Å². The average molecular weight is 246 g/mol. The van der Waals surface area contributed by atoms with Crippen molar-refractivity contribution in [1.82, 2.24) is 0 Å². The fraction of sp³-hybridized carbons (Fsp3) is 0.500. The van der Waals surface area contributed by atoms with Crippen LogP contribution in [0.1, 0.15) is 24.8 Å². The van der Waals surface area contributed by atoms with Crippen molar-refractivity contribution in [2.75, 3.05) is 14.2 Å². The third-order valence-electron chi connectivity index (χ3n) is 2.24. The SMILES string of the molecule is COP(=O)(OC)[C@H](CC(C)=O)c1ccco1. The first-order valence-corrected chi connectivity index (χ1v) is 6.38. The number of carbonyl (C=O) groups excluding carboxylic acids is 1. The van der Waals surface area contributed by atoms with E-state index in [0.717, 1.165) is 0 Å². The molecule has 0 aliphatic heterocycles. The largest absolute Gasteiger partial charge is 0.468 e. The Morgan fingerprint density at radius 1 is 1.50 bits per heavy atom. The number of carbonyl (C=O) groups is 1. The predicted molar refractivity (Wildman–Crippen MR) is 58.4 cm³/mol. The Hall–Kier alpha value is -0.900. The van der Waals surface area contributed by atoms with Crippen molar-refractivity contribution in [1.29, 1.82) is 0 Å². The van der Waals surface area contributed by atoms with Gasteiger partial charge in [-0.2, -0.15) is 0 Å². The first kappa shape index (κ1) is 13.2. The second-order valence-electron chi connectivity index (χ2n) is 3.34. The van der Waals surface area contributed by atoms with Crippen LogP contribution in [0.25, 0.3) is 0 Å². The zero-order chi connectivity index (χ0) is 12.2. The lowest BCUT2D eigenvalue weighted by atomic mass is 10.2. The standard InChI is InChI=1S/C10H15O5P/c1-8(11)7-10(9-5-4-6-15-9)16(12,13-2)14-3/h4-6,10H,7H2,1-3H3/t10-/m1/s1. The number of ketones is 1. The van der Waals surface area contributed by atoms with E-state index in [-0.39, 0.29) is 12.2 Å². The minimum absolute atomic E-state index is 0.0620. The van der Waals surface area contributed by atoms with Crippen molar-refractivity contribution in [2.45, 2.75) is 19.0 Å². The van der Waals surface area contributed by atoms with Crippen LogP contribution >= 0.6 is 7.60 Å². The van der Waals surface area contributed by atoms with Crippen molar-refractivity contribution in [3.63, 3.8) is 0 Å². The highest BCUT2D eigenvalue weighted by molar-refractivity contribution is 7.54. The van der Waals surface area contributed by atoms with Crippen molar-refractivity contribution in [3.8, 4) is 0 Å². The average Bonchev–Trinajstić information content (AvgIpc) is 2.78. The summed E-state index contributed by atoms with van der Waals surface area (Å²) in [6, 6.07) is 3.32. The van der Waals surface area contributed by atoms with Gasteiger partial charge in [-0.15, -0.1) is 0 Å². The molecular formula is C10H15O5P. The maximum Gasteiger partial charge on any atom is 0.341 e. The lowest BCUT2D eigenvalue weighted by molar-refractivity contribution is -0.117. The monoisotopic (exact) mass is 246 g/mol. The third-order valence-corrected chi connectivity index (χ3v) is 4.46. The lowest BCUT2D eigenvalue weighted by Gasteiger charge is -2.21. The van der Waals surface area contributed by atoms with Gasteiger partial charge in [0.15, 0.2) is 0 Å². The highest BCUT2D eigenvalue weighted by Crippen LogP contribution is 2.61. The Morgan fingerprint density at radius 2 is 2.12 bits per heavy atom. The van der Waals surface area contributed by atoms with E-state index < -0.39 is 13.3 Å². The van der Waals surface area contributed by atoms with Gasteiger partial charge in [0.1, 0.15) is 17.2 Å². The molecule has 0 fully saturated rings. The van der Waals surface area contributed by atoms with E-state index in [9.17, 15) is 9.36 Å². The van der Waals surface area contributed by atoms with Crippen LogP contribution in [0, 0.1) is 0 Å². The Labute approximate surface area is 94.3 Å². The smallest absolute Gasteiger partial charge is 0.341 e. The molecule has 0 bridgehead atoms. The van der Waals surface area contributed by atoms with E-state index >= 15 is 0 Å². The van der Waals surface area contributed by atoms with E-state index in [1.807, 2.05) is 0 Å². The number of hydrogen-bond acceptors (Lipinski definition) is 5. The summed E-state index contributed by atoms with van der Waals surface area (Å²) in [5, 5.41) is 0. The molecule has 0 spiro atoms. The summed E-state index contributed by atoms with van der Waals surface area (Å²) in [5.74, 6) is 0.331. The Morgan fingerprint density at radius 3 is 2.50 bits per heavy atom. The molecule has 1 rings (SSSR count). The van der Waals surface area contributed by atoms with Gasteiger partial charge in [0, 0.05) is 20.6 Å². The molecule has 0 amide bonds. The van der Waals surface area contributed by atoms with Gasteiger partial charge in [-0.3, -0.25) is 9.36 Å². The van der Waals surface area contributed by atoms with Crippen LogP contribution in [0.2, 0.25) is 0 Å². The number of hydrogen-bond donors (Lipinski definition) is 0. The molecule has 1 aromatic heterocycles. The van der Waals surface area contributed by atoms with Crippen molar-refractivity contribution in [2.24, 2.45) is 0 Å². The molecule has 90 valence electrons. The zero-order valence-corrected chi connectivity index (χ0v) is 10.4. The maximum atomic E-state index is 12.2. The number of Topliss-reactive ketones (excluding diaryl/α,β-unsaturated/α-hetero) is 1. The van der Waals surface area contributed by atoms with Crippen LogP contribution in [0.5, 0.6) is 0 Å². The van der Waals surface area contributed by atoms with Crippen LogP contribution < -0.4 is 0 Å². The topological polar surface area (TPSA) is 65.7 Å². The van der Waals surface area contributed by atoms with E-state index in [1.54, 1.807) is 12.1 Å². The molecule has 0 saturated carbocycles. The summed E-state index contributed by atoms with van der Waals surface area (Å²) in [5.41, 5.74) is -0.685. The van der Waals surface area contributed by atoms with Crippen molar-refractivity contribution < 1.29 is 22.8 Å². The summed E-state index contributed by atoms with van der Waals surface area (Å²) in [7, 11) is -0.764. The van der Waals surface area contributed by atoms with Crippen LogP contribution in [-0.4, -0.2) is 20.0 Å². The maximum absolute atomic E-state index is 12.2. The molecule has 16 heavy (non-hydrogen) atoms. The van der Waals surface area contributed by atoms with E-state index in [4.69, 9.17) is 13.5 Å². The zero-order valence-electron chi connectivity index (χ0n) is 9.50. The minimum Gasteiger partial charge on any atom is -0.468 e. The summed E-state index contributed by atoms with van der Waals surface area (Å²) < 4.78 is 27.2. The quantitative estimate of drug-likeness (QED) is 0.722. The van der Waals surface area contributed by atoms with E-state index in [1.165, 1.54) is 27.4 Å². The van der Waals surface area contributed by atoms with Crippen LogP contribution in [0.4, 0.5) is 0 Å². The van der Waals surface area contributed by atoms with Gasteiger partial charge in [0.05, 0.1) is 6.26 Å².